The van der Waals surface area contributed by atoms with Crippen LogP contribution < -0.4 is 5.32 Å². The van der Waals surface area contributed by atoms with E-state index in [9.17, 15) is 10.1 Å². The SMILES string of the molecule is CCN1CCC(CNC(C)c2ccccc2[N+](=O)[O-])CC1. The van der Waals surface area contributed by atoms with Crippen molar-refractivity contribution >= 4 is 5.69 Å². The third-order valence-electron chi connectivity index (χ3n) is 4.47. The summed E-state index contributed by atoms with van der Waals surface area (Å²) in [7, 11) is 0. The van der Waals surface area contributed by atoms with Gasteiger partial charge >= 0.3 is 0 Å². The van der Waals surface area contributed by atoms with E-state index in [4.69, 9.17) is 0 Å². The van der Waals surface area contributed by atoms with Crippen LogP contribution in [-0.2, 0) is 0 Å². The molecule has 5 nitrogen and oxygen atoms in total. The number of nitro groups is 1. The number of piperidine rings is 1. The molecule has 1 aromatic carbocycles. The normalized spacial score (nSPS) is 18.6. The highest BCUT2D eigenvalue weighted by molar-refractivity contribution is 5.41. The topological polar surface area (TPSA) is 58.4 Å². The van der Waals surface area contributed by atoms with Gasteiger partial charge in [-0.15, -0.1) is 0 Å². The molecule has 1 heterocycles. The van der Waals surface area contributed by atoms with Crippen LogP contribution in [0.3, 0.4) is 0 Å². The molecule has 0 aliphatic carbocycles. The Morgan fingerprint density at radius 1 is 1.38 bits per heavy atom. The molecule has 0 aromatic heterocycles. The maximum absolute atomic E-state index is 11.1. The summed E-state index contributed by atoms with van der Waals surface area (Å²) < 4.78 is 0. The number of rotatable bonds is 6. The van der Waals surface area contributed by atoms with E-state index in [2.05, 4.69) is 17.1 Å². The van der Waals surface area contributed by atoms with E-state index in [1.54, 1.807) is 12.1 Å². The molecule has 1 unspecified atom stereocenters. The lowest BCUT2D eigenvalue weighted by Gasteiger charge is -2.31. The first-order valence-electron chi connectivity index (χ1n) is 7.80. The lowest BCUT2D eigenvalue weighted by Crippen LogP contribution is -2.37. The molecule has 1 aliphatic heterocycles. The Hall–Kier alpha value is -1.46. The highest BCUT2D eigenvalue weighted by Crippen LogP contribution is 2.25. The molecule has 21 heavy (non-hydrogen) atoms. The van der Waals surface area contributed by atoms with Gasteiger partial charge in [0.15, 0.2) is 0 Å². The Labute approximate surface area is 126 Å². The number of hydrogen-bond acceptors (Lipinski definition) is 4. The molecule has 5 heteroatoms. The molecule has 1 aromatic rings. The van der Waals surface area contributed by atoms with E-state index in [0.717, 1.165) is 18.7 Å². The Morgan fingerprint density at radius 3 is 2.67 bits per heavy atom. The second-order valence-corrected chi connectivity index (χ2v) is 5.82. The maximum Gasteiger partial charge on any atom is 0.274 e. The smallest absolute Gasteiger partial charge is 0.274 e. The van der Waals surface area contributed by atoms with Crippen LogP contribution in [-0.4, -0.2) is 36.0 Å². The van der Waals surface area contributed by atoms with Gasteiger partial charge in [-0.3, -0.25) is 10.1 Å². The van der Waals surface area contributed by atoms with Gasteiger partial charge in [-0.1, -0.05) is 25.1 Å². The van der Waals surface area contributed by atoms with Crippen molar-refractivity contribution in [2.75, 3.05) is 26.2 Å². The van der Waals surface area contributed by atoms with E-state index >= 15 is 0 Å². The second-order valence-electron chi connectivity index (χ2n) is 5.82. The van der Waals surface area contributed by atoms with Gasteiger partial charge in [-0.2, -0.15) is 0 Å². The van der Waals surface area contributed by atoms with Gasteiger partial charge in [0, 0.05) is 17.7 Å². The summed E-state index contributed by atoms with van der Waals surface area (Å²) in [5, 5.41) is 14.5. The molecule has 1 atom stereocenters. The lowest BCUT2D eigenvalue weighted by atomic mass is 9.96. The second kappa shape index (κ2) is 7.52. The van der Waals surface area contributed by atoms with Gasteiger partial charge in [0.1, 0.15) is 0 Å². The first-order chi connectivity index (χ1) is 10.1. The zero-order valence-electron chi connectivity index (χ0n) is 12.9. The minimum absolute atomic E-state index is 0.0100. The Balaban J connectivity index is 1.88. The van der Waals surface area contributed by atoms with Crippen LogP contribution in [0.1, 0.15) is 38.3 Å². The van der Waals surface area contributed by atoms with Gasteiger partial charge in [-0.05, 0) is 51.9 Å². The zero-order chi connectivity index (χ0) is 15.2. The number of para-hydroxylation sites is 1. The summed E-state index contributed by atoms with van der Waals surface area (Å²) in [6, 6.07) is 7.01. The van der Waals surface area contributed by atoms with E-state index in [-0.39, 0.29) is 16.7 Å². The molecule has 0 bridgehead atoms. The molecule has 0 spiro atoms. The monoisotopic (exact) mass is 291 g/mol. The molecule has 1 N–H and O–H groups in total. The van der Waals surface area contributed by atoms with Crippen molar-refractivity contribution in [1.82, 2.24) is 10.2 Å². The molecule has 2 rings (SSSR count). The van der Waals surface area contributed by atoms with Crippen molar-refractivity contribution in [3.63, 3.8) is 0 Å². The summed E-state index contributed by atoms with van der Waals surface area (Å²) in [5.41, 5.74) is 0.979. The van der Waals surface area contributed by atoms with Gasteiger partial charge in [0.25, 0.3) is 5.69 Å². The standard InChI is InChI=1S/C16H25N3O2/c1-3-18-10-8-14(9-11-18)12-17-13(2)15-6-4-5-7-16(15)19(20)21/h4-7,13-14,17H,3,8-12H2,1-2H3. The van der Waals surface area contributed by atoms with Crippen molar-refractivity contribution in [2.24, 2.45) is 5.92 Å². The van der Waals surface area contributed by atoms with Crippen LogP contribution in [0.15, 0.2) is 24.3 Å². The predicted molar refractivity (Wildman–Crippen MR) is 84.4 cm³/mol. The number of nitro benzene ring substituents is 1. The fourth-order valence-corrected chi connectivity index (χ4v) is 2.98. The van der Waals surface area contributed by atoms with Crippen molar-refractivity contribution in [3.8, 4) is 0 Å². The van der Waals surface area contributed by atoms with Crippen molar-refractivity contribution in [3.05, 3.63) is 39.9 Å². The summed E-state index contributed by atoms with van der Waals surface area (Å²) in [5.74, 6) is 0.679. The van der Waals surface area contributed by atoms with E-state index < -0.39 is 0 Å². The number of likely N-dealkylation sites (tertiary alicyclic amines) is 1. The Morgan fingerprint density at radius 2 is 2.05 bits per heavy atom. The number of benzene rings is 1. The van der Waals surface area contributed by atoms with Crippen molar-refractivity contribution in [1.29, 1.82) is 0 Å². The fourth-order valence-electron chi connectivity index (χ4n) is 2.98. The molecule has 0 saturated carbocycles. The first kappa shape index (κ1) is 15.9. The average molecular weight is 291 g/mol. The maximum atomic E-state index is 11.1. The summed E-state index contributed by atoms with van der Waals surface area (Å²) in [4.78, 5) is 13.2. The van der Waals surface area contributed by atoms with Gasteiger partial charge in [0.2, 0.25) is 0 Å². The first-order valence-corrected chi connectivity index (χ1v) is 7.80. The number of nitrogens with zero attached hydrogens (tertiary/aromatic N) is 2. The molecule has 0 radical (unpaired) electrons. The van der Waals surface area contributed by atoms with Crippen molar-refractivity contribution < 1.29 is 4.92 Å². The Kier molecular flexibility index (Phi) is 5.70. The van der Waals surface area contributed by atoms with E-state index in [1.807, 2.05) is 19.1 Å². The van der Waals surface area contributed by atoms with Crippen LogP contribution in [0, 0.1) is 16.0 Å². The van der Waals surface area contributed by atoms with Crippen molar-refractivity contribution in [2.45, 2.75) is 32.7 Å². The summed E-state index contributed by atoms with van der Waals surface area (Å²) >= 11 is 0. The third kappa shape index (κ3) is 4.25. The van der Waals surface area contributed by atoms with Crippen LogP contribution in [0.2, 0.25) is 0 Å². The van der Waals surface area contributed by atoms with E-state index in [1.165, 1.54) is 25.9 Å². The van der Waals surface area contributed by atoms with Crippen LogP contribution in [0.5, 0.6) is 0 Å². The highest BCUT2D eigenvalue weighted by Gasteiger charge is 2.21. The quantitative estimate of drug-likeness (QED) is 0.646. The minimum Gasteiger partial charge on any atom is -0.310 e. The summed E-state index contributed by atoms with van der Waals surface area (Å²) in [6.07, 6.45) is 2.43. The number of hydrogen-bond donors (Lipinski definition) is 1. The molecule has 116 valence electrons. The van der Waals surface area contributed by atoms with Gasteiger partial charge < -0.3 is 10.2 Å². The zero-order valence-corrected chi connectivity index (χ0v) is 12.9. The molecule has 1 fully saturated rings. The largest absolute Gasteiger partial charge is 0.310 e. The highest BCUT2D eigenvalue weighted by atomic mass is 16.6. The van der Waals surface area contributed by atoms with E-state index in [0.29, 0.717) is 5.92 Å². The van der Waals surface area contributed by atoms with Crippen LogP contribution in [0.25, 0.3) is 0 Å². The molecular formula is C16H25N3O2. The lowest BCUT2D eigenvalue weighted by molar-refractivity contribution is -0.385. The van der Waals surface area contributed by atoms with Crippen LogP contribution in [0.4, 0.5) is 5.69 Å². The minimum atomic E-state index is -0.298. The Bertz CT molecular complexity index is 470. The summed E-state index contributed by atoms with van der Waals surface area (Å²) in [6.45, 7) is 8.61. The van der Waals surface area contributed by atoms with Crippen LogP contribution >= 0.6 is 0 Å². The fraction of sp³-hybridized carbons (Fsp3) is 0.625. The average Bonchev–Trinajstić information content (AvgIpc) is 2.53. The molecule has 0 amide bonds. The van der Waals surface area contributed by atoms with Gasteiger partial charge in [-0.25, -0.2) is 0 Å². The third-order valence-corrected chi connectivity index (χ3v) is 4.47. The predicted octanol–water partition coefficient (Wildman–Crippen LogP) is 2.98. The molecule has 1 saturated heterocycles. The number of nitrogens with one attached hydrogen (secondary N) is 1. The molecular weight excluding hydrogens is 266 g/mol. The molecule has 1 aliphatic rings. The van der Waals surface area contributed by atoms with Gasteiger partial charge in [0.05, 0.1) is 4.92 Å².